The van der Waals surface area contributed by atoms with E-state index in [2.05, 4.69) is 4.98 Å². The maximum Gasteiger partial charge on any atom is 0.151 e. The van der Waals surface area contributed by atoms with Crippen molar-refractivity contribution in [2.24, 2.45) is 0 Å². The van der Waals surface area contributed by atoms with Crippen LogP contribution < -0.4 is 0 Å². The van der Waals surface area contributed by atoms with Gasteiger partial charge in [0.2, 0.25) is 0 Å². The zero-order valence-electron chi connectivity index (χ0n) is 9.07. The van der Waals surface area contributed by atoms with Gasteiger partial charge in [0.1, 0.15) is 11.4 Å². The SMILES string of the molecule is O=S1(=O)CCC(c2cn3cc(O)ccc3n2)C1. The molecule has 1 aliphatic rings. The van der Waals surface area contributed by atoms with Gasteiger partial charge in [-0.2, -0.15) is 0 Å². The first kappa shape index (κ1) is 10.6. The van der Waals surface area contributed by atoms with Crippen molar-refractivity contribution in [2.45, 2.75) is 12.3 Å². The summed E-state index contributed by atoms with van der Waals surface area (Å²) in [6, 6.07) is 3.28. The first-order valence-electron chi connectivity index (χ1n) is 5.41. The molecule has 0 bridgehead atoms. The lowest BCUT2D eigenvalue weighted by atomic mass is 10.1. The average Bonchev–Trinajstić information content (AvgIpc) is 2.80. The van der Waals surface area contributed by atoms with E-state index in [1.165, 1.54) is 0 Å². The molecule has 1 atom stereocenters. The van der Waals surface area contributed by atoms with Gasteiger partial charge in [-0.15, -0.1) is 0 Å². The summed E-state index contributed by atoms with van der Waals surface area (Å²) in [6.07, 6.45) is 3.99. The molecule has 0 aromatic carbocycles. The molecule has 1 aliphatic heterocycles. The van der Waals surface area contributed by atoms with E-state index in [0.29, 0.717) is 6.42 Å². The van der Waals surface area contributed by atoms with Crippen molar-refractivity contribution in [1.29, 1.82) is 0 Å². The number of nitrogens with zero attached hydrogens (tertiary/aromatic N) is 2. The summed E-state index contributed by atoms with van der Waals surface area (Å²) >= 11 is 0. The molecule has 1 N–H and O–H groups in total. The molecule has 3 rings (SSSR count). The third kappa shape index (κ3) is 1.88. The largest absolute Gasteiger partial charge is 0.506 e. The first-order valence-corrected chi connectivity index (χ1v) is 7.24. The second kappa shape index (κ2) is 3.46. The van der Waals surface area contributed by atoms with Crippen LogP contribution in [0, 0.1) is 0 Å². The van der Waals surface area contributed by atoms with Crippen LogP contribution in [-0.2, 0) is 9.84 Å². The fraction of sp³-hybridized carbons (Fsp3) is 0.364. The van der Waals surface area contributed by atoms with E-state index < -0.39 is 9.84 Å². The third-order valence-electron chi connectivity index (χ3n) is 3.10. The van der Waals surface area contributed by atoms with Gasteiger partial charge >= 0.3 is 0 Å². The van der Waals surface area contributed by atoms with Gasteiger partial charge in [-0.05, 0) is 18.6 Å². The van der Waals surface area contributed by atoms with Gasteiger partial charge in [0, 0.05) is 12.1 Å². The highest BCUT2D eigenvalue weighted by Crippen LogP contribution is 2.28. The van der Waals surface area contributed by atoms with Gasteiger partial charge in [0.25, 0.3) is 0 Å². The average molecular weight is 252 g/mol. The fourth-order valence-electron chi connectivity index (χ4n) is 2.22. The van der Waals surface area contributed by atoms with Gasteiger partial charge in [-0.3, -0.25) is 0 Å². The van der Waals surface area contributed by atoms with Crippen LogP contribution in [0.15, 0.2) is 24.5 Å². The van der Waals surface area contributed by atoms with Crippen molar-refractivity contribution in [3.05, 3.63) is 30.2 Å². The van der Waals surface area contributed by atoms with Crippen LogP contribution in [0.25, 0.3) is 5.65 Å². The van der Waals surface area contributed by atoms with Crippen LogP contribution >= 0.6 is 0 Å². The van der Waals surface area contributed by atoms with Gasteiger partial charge in [-0.1, -0.05) is 0 Å². The monoisotopic (exact) mass is 252 g/mol. The van der Waals surface area contributed by atoms with Crippen LogP contribution in [0.1, 0.15) is 18.0 Å². The van der Waals surface area contributed by atoms with Gasteiger partial charge in [-0.25, -0.2) is 13.4 Å². The number of sulfone groups is 1. The molecular weight excluding hydrogens is 240 g/mol. The summed E-state index contributed by atoms with van der Waals surface area (Å²) in [6.45, 7) is 0. The maximum atomic E-state index is 11.4. The molecular formula is C11H12N2O3S. The fourth-order valence-corrected chi connectivity index (χ4v) is 3.99. The summed E-state index contributed by atoms with van der Waals surface area (Å²) in [5.74, 6) is 0.585. The Morgan fingerprint density at radius 1 is 1.35 bits per heavy atom. The molecule has 0 aliphatic carbocycles. The summed E-state index contributed by atoms with van der Waals surface area (Å²) in [4.78, 5) is 4.39. The molecule has 0 saturated carbocycles. The zero-order chi connectivity index (χ0) is 12.0. The Balaban J connectivity index is 2.02. The molecule has 90 valence electrons. The Labute approximate surface area is 98.6 Å². The topological polar surface area (TPSA) is 71.7 Å². The Kier molecular flexibility index (Phi) is 2.16. The normalized spacial score (nSPS) is 23.2. The lowest BCUT2D eigenvalue weighted by Crippen LogP contribution is -2.03. The molecule has 2 aromatic rings. The number of hydrogen-bond acceptors (Lipinski definition) is 4. The molecule has 1 saturated heterocycles. The van der Waals surface area contributed by atoms with Crippen LogP contribution in [0.2, 0.25) is 0 Å². The number of fused-ring (bicyclic) bond motifs is 1. The molecule has 2 aromatic heterocycles. The van der Waals surface area contributed by atoms with E-state index in [0.717, 1.165) is 11.3 Å². The van der Waals surface area contributed by atoms with Crippen LogP contribution in [0.4, 0.5) is 0 Å². The minimum atomic E-state index is -2.89. The molecule has 17 heavy (non-hydrogen) atoms. The van der Waals surface area contributed by atoms with Gasteiger partial charge < -0.3 is 9.51 Å². The molecule has 0 amide bonds. The highest BCUT2D eigenvalue weighted by Gasteiger charge is 2.30. The van der Waals surface area contributed by atoms with Crippen molar-refractivity contribution in [2.75, 3.05) is 11.5 Å². The third-order valence-corrected chi connectivity index (χ3v) is 4.87. The quantitative estimate of drug-likeness (QED) is 0.820. The summed E-state index contributed by atoms with van der Waals surface area (Å²) in [5, 5.41) is 9.34. The van der Waals surface area contributed by atoms with E-state index in [1.807, 2.05) is 0 Å². The Morgan fingerprint density at radius 2 is 2.18 bits per heavy atom. The second-order valence-electron chi connectivity index (χ2n) is 4.42. The number of hydrogen-bond donors (Lipinski definition) is 1. The predicted octanol–water partition coefficient (Wildman–Crippen LogP) is 0.942. The number of pyridine rings is 1. The molecule has 0 spiro atoms. The van der Waals surface area contributed by atoms with E-state index in [-0.39, 0.29) is 23.2 Å². The van der Waals surface area contributed by atoms with Crippen molar-refractivity contribution in [3.63, 3.8) is 0 Å². The summed E-state index contributed by atoms with van der Waals surface area (Å²) < 4.78 is 24.5. The Hall–Kier alpha value is -1.56. The minimum absolute atomic E-state index is 0.0120. The van der Waals surface area contributed by atoms with Crippen LogP contribution in [0.5, 0.6) is 5.75 Å². The number of aromatic hydroxyl groups is 1. The van der Waals surface area contributed by atoms with Crippen LogP contribution in [0.3, 0.4) is 0 Å². The van der Waals surface area contributed by atoms with E-state index in [1.54, 1.807) is 28.9 Å². The predicted molar refractivity (Wildman–Crippen MR) is 62.9 cm³/mol. The summed E-state index contributed by atoms with van der Waals surface area (Å²) in [7, 11) is -2.89. The summed E-state index contributed by atoms with van der Waals surface area (Å²) in [5.41, 5.74) is 1.51. The molecule has 1 fully saturated rings. The Bertz CT molecular complexity index is 675. The molecule has 6 heteroatoms. The van der Waals surface area contributed by atoms with Crippen LogP contribution in [-0.4, -0.2) is 34.4 Å². The smallest absolute Gasteiger partial charge is 0.151 e. The number of aromatic nitrogens is 2. The minimum Gasteiger partial charge on any atom is -0.506 e. The highest BCUT2D eigenvalue weighted by atomic mass is 32.2. The maximum absolute atomic E-state index is 11.4. The lowest BCUT2D eigenvalue weighted by Gasteiger charge is -2.00. The first-order chi connectivity index (χ1) is 8.03. The van der Waals surface area contributed by atoms with E-state index in [4.69, 9.17) is 0 Å². The molecule has 3 heterocycles. The second-order valence-corrected chi connectivity index (χ2v) is 6.65. The molecule has 1 unspecified atom stereocenters. The van der Waals surface area contributed by atoms with Crippen molar-refractivity contribution in [1.82, 2.24) is 9.38 Å². The number of rotatable bonds is 1. The van der Waals surface area contributed by atoms with Crippen molar-refractivity contribution < 1.29 is 13.5 Å². The van der Waals surface area contributed by atoms with Gasteiger partial charge in [0.15, 0.2) is 9.84 Å². The van der Waals surface area contributed by atoms with Gasteiger partial charge in [0.05, 0.1) is 23.4 Å². The highest BCUT2D eigenvalue weighted by molar-refractivity contribution is 7.91. The van der Waals surface area contributed by atoms with E-state index >= 15 is 0 Å². The Morgan fingerprint density at radius 3 is 2.88 bits per heavy atom. The van der Waals surface area contributed by atoms with Crippen molar-refractivity contribution in [3.8, 4) is 5.75 Å². The standard InChI is InChI=1S/C11H12N2O3S/c14-9-1-2-11-12-10(6-13(11)5-9)8-3-4-17(15,16)7-8/h1-2,5-6,8,14H,3-4,7H2. The molecule has 5 nitrogen and oxygen atoms in total. The molecule has 0 radical (unpaired) electrons. The zero-order valence-corrected chi connectivity index (χ0v) is 9.89. The van der Waals surface area contributed by atoms with E-state index in [9.17, 15) is 13.5 Å². The number of imidazole rings is 1. The lowest BCUT2D eigenvalue weighted by molar-refractivity contribution is 0.472. The van der Waals surface area contributed by atoms with Crippen molar-refractivity contribution >= 4 is 15.5 Å².